The van der Waals surface area contributed by atoms with E-state index in [1.165, 1.54) is 0 Å². The Bertz CT molecular complexity index is 495. The maximum Gasteiger partial charge on any atom is 0.130 e. The van der Waals surface area contributed by atoms with Gasteiger partial charge in [0, 0.05) is 4.91 Å². The molecule has 0 fully saturated rings. The van der Waals surface area contributed by atoms with Gasteiger partial charge in [0.1, 0.15) is 11.7 Å². The molecule has 0 amide bonds. The molecule has 0 saturated carbocycles. The van der Waals surface area contributed by atoms with Crippen LogP contribution in [0.2, 0.25) is 0 Å². The summed E-state index contributed by atoms with van der Waals surface area (Å²) in [6.45, 7) is 1.76. The first kappa shape index (κ1) is 8.52. The molecule has 0 spiro atoms. The standard InChI is InChI=1S/C8H8N6/c1-6(10-12-9)14-8-5-3-2-4-7(8)11-13-14/h2-6H,1H3/t6-/m1/s1. The average molecular weight is 188 g/mol. The predicted molar refractivity (Wildman–Crippen MR) is 51.4 cm³/mol. The minimum absolute atomic E-state index is 0.354. The number of aromatic nitrogens is 3. The molecule has 6 nitrogen and oxygen atoms in total. The molecule has 1 atom stereocenters. The third kappa shape index (κ3) is 1.27. The van der Waals surface area contributed by atoms with E-state index in [0.717, 1.165) is 11.0 Å². The highest BCUT2D eigenvalue weighted by molar-refractivity contribution is 5.73. The quantitative estimate of drug-likeness (QED) is 0.411. The lowest BCUT2D eigenvalue weighted by molar-refractivity contribution is 0.506. The fourth-order valence-electron chi connectivity index (χ4n) is 1.29. The first-order valence-corrected chi connectivity index (χ1v) is 4.17. The van der Waals surface area contributed by atoms with Gasteiger partial charge in [-0.25, -0.2) is 4.68 Å². The molecule has 2 aromatic rings. The van der Waals surface area contributed by atoms with E-state index in [0.29, 0.717) is 0 Å². The zero-order chi connectivity index (χ0) is 9.97. The topological polar surface area (TPSA) is 79.5 Å². The Labute approximate surface area is 79.8 Å². The largest absolute Gasteiger partial charge is 0.236 e. The molecule has 6 heteroatoms. The van der Waals surface area contributed by atoms with Gasteiger partial charge in [-0.3, -0.25) is 0 Å². The van der Waals surface area contributed by atoms with E-state index in [4.69, 9.17) is 5.53 Å². The van der Waals surface area contributed by atoms with E-state index in [2.05, 4.69) is 20.3 Å². The molecular weight excluding hydrogens is 180 g/mol. The van der Waals surface area contributed by atoms with Gasteiger partial charge in [0.05, 0.1) is 5.52 Å². The molecule has 0 saturated heterocycles. The van der Waals surface area contributed by atoms with Gasteiger partial charge < -0.3 is 0 Å². The number of nitrogens with zero attached hydrogens (tertiary/aromatic N) is 6. The molecular formula is C8H8N6. The highest BCUT2D eigenvalue weighted by Gasteiger charge is 2.07. The summed E-state index contributed by atoms with van der Waals surface area (Å²) in [5.74, 6) is 0. The van der Waals surface area contributed by atoms with Crippen molar-refractivity contribution in [1.29, 1.82) is 0 Å². The summed E-state index contributed by atoms with van der Waals surface area (Å²) >= 11 is 0. The third-order valence-electron chi connectivity index (χ3n) is 1.95. The van der Waals surface area contributed by atoms with Crippen LogP contribution in [0, 0.1) is 0 Å². The van der Waals surface area contributed by atoms with Gasteiger partial charge in [-0.1, -0.05) is 22.5 Å². The van der Waals surface area contributed by atoms with Gasteiger partial charge in [0.15, 0.2) is 0 Å². The van der Waals surface area contributed by atoms with Crippen LogP contribution >= 0.6 is 0 Å². The Balaban J connectivity index is 2.57. The SMILES string of the molecule is C[C@H](N=[N+]=[N-])n1nnc2ccccc21. The van der Waals surface area contributed by atoms with Crippen molar-refractivity contribution in [2.24, 2.45) is 5.11 Å². The van der Waals surface area contributed by atoms with Crippen molar-refractivity contribution in [3.63, 3.8) is 0 Å². The van der Waals surface area contributed by atoms with Crippen molar-refractivity contribution in [2.45, 2.75) is 13.1 Å². The Kier molecular flexibility index (Phi) is 2.04. The fourth-order valence-corrected chi connectivity index (χ4v) is 1.29. The van der Waals surface area contributed by atoms with Crippen LogP contribution in [0.15, 0.2) is 29.4 Å². The van der Waals surface area contributed by atoms with Gasteiger partial charge in [-0.05, 0) is 24.6 Å². The van der Waals surface area contributed by atoms with E-state index in [1.807, 2.05) is 24.3 Å². The molecule has 1 aromatic carbocycles. The Morgan fingerprint density at radius 2 is 2.29 bits per heavy atom. The zero-order valence-corrected chi connectivity index (χ0v) is 7.57. The maximum absolute atomic E-state index is 8.30. The summed E-state index contributed by atoms with van der Waals surface area (Å²) in [6, 6.07) is 7.53. The Hall–Kier alpha value is -2.07. The lowest BCUT2D eigenvalue weighted by Gasteiger charge is -2.03. The van der Waals surface area contributed by atoms with Crippen LogP contribution in [0.4, 0.5) is 0 Å². The number of para-hydroxylation sites is 1. The van der Waals surface area contributed by atoms with Crippen LogP contribution in [0.1, 0.15) is 13.1 Å². The molecule has 70 valence electrons. The molecule has 1 heterocycles. The zero-order valence-electron chi connectivity index (χ0n) is 7.57. The van der Waals surface area contributed by atoms with Crippen LogP contribution in [0.25, 0.3) is 21.5 Å². The van der Waals surface area contributed by atoms with Crippen LogP contribution in [-0.4, -0.2) is 15.0 Å². The molecule has 0 radical (unpaired) electrons. The van der Waals surface area contributed by atoms with Crippen molar-refractivity contribution in [1.82, 2.24) is 15.0 Å². The average Bonchev–Trinajstić information content (AvgIpc) is 2.61. The normalized spacial score (nSPS) is 12.4. The lowest BCUT2D eigenvalue weighted by Crippen LogP contribution is -2.03. The molecule has 0 unspecified atom stereocenters. The maximum atomic E-state index is 8.30. The van der Waals surface area contributed by atoms with Gasteiger partial charge >= 0.3 is 0 Å². The van der Waals surface area contributed by atoms with Crippen LogP contribution in [0.3, 0.4) is 0 Å². The smallest absolute Gasteiger partial charge is 0.130 e. The molecule has 14 heavy (non-hydrogen) atoms. The second-order valence-electron chi connectivity index (χ2n) is 2.86. The van der Waals surface area contributed by atoms with Gasteiger partial charge in [-0.2, -0.15) is 0 Å². The monoisotopic (exact) mass is 188 g/mol. The van der Waals surface area contributed by atoms with Crippen molar-refractivity contribution >= 4 is 11.0 Å². The fraction of sp³-hybridized carbons (Fsp3) is 0.250. The van der Waals surface area contributed by atoms with Gasteiger partial charge in [0.25, 0.3) is 0 Å². The summed E-state index contributed by atoms with van der Waals surface area (Å²) in [5, 5.41) is 11.4. The molecule has 0 aliphatic rings. The van der Waals surface area contributed by atoms with Crippen molar-refractivity contribution < 1.29 is 0 Å². The second kappa shape index (κ2) is 3.35. The predicted octanol–water partition coefficient (Wildman–Crippen LogP) is 2.26. The van der Waals surface area contributed by atoms with E-state index in [-0.39, 0.29) is 6.17 Å². The second-order valence-corrected chi connectivity index (χ2v) is 2.86. The van der Waals surface area contributed by atoms with Crippen LogP contribution in [0.5, 0.6) is 0 Å². The molecule has 0 N–H and O–H groups in total. The van der Waals surface area contributed by atoms with E-state index >= 15 is 0 Å². The third-order valence-corrected chi connectivity index (χ3v) is 1.95. The summed E-state index contributed by atoms with van der Waals surface area (Å²) < 4.78 is 1.59. The van der Waals surface area contributed by atoms with E-state index < -0.39 is 0 Å². The molecule has 0 bridgehead atoms. The van der Waals surface area contributed by atoms with Crippen LogP contribution in [-0.2, 0) is 0 Å². The Morgan fingerprint density at radius 1 is 1.50 bits per heavy atom. The number of hydrogen-bond donors (Lipinski definition) is 0. The molecule has 1 aromatic heterocycles. The summed E-state index contributed by atoms with van der Waals surface area (Å²) in [4.78, 5) is 2.73. The highest BCUT2D eigenvalue weighted by atomic mass is 15.5. The van der Waals surface area contributed by atoms with E-state index in [9.17, 15) is 0 Å². The minimum Gasteiger partial charge on any atom is -0.236 e. The minimum atomic E-state index is -0.354. The van der Waals surface area contributed by atoms with Crippen molar-refractivity contribution in [2.75, 3.05) is 0 Å². The number of benzene rings is 1. The first-order valence-electron chi connectivity index (χ1n) is 4.17. The van der Waals surface area contributed by atoms with Crippen molar-refractivity contribution in [3.05, 3.63) is 34.7 Å². The van der Waals surface area contributed by atoms with Crippen LogP contribution < -0.4 is 0 Å². The Morgan fingerprint density at radius 3 is 3.07 bits per heavy atom. The first-order chi connectivity index (χ1) is 6.83. The van der Waals surface area contributed by atoms with Crippen molar-refractivity contribution in [3.8, 4) is 0 Å². The van der Waals surface area contributed by atoms with Gasteiger partial charge in [-0.15, -0.1) is 5.10 Å². The highest BCUT2D eigenvalue weighted by Crippen LogP contribution is 2.15. The number of hydrogen-bond acceptors (Lipinski definition) is 3. The number of azide groups is 1. The van der Waals surface area contributed by atoms with Gasteiger partial charge in [0.2, 0.25) is 0 Å². The molecule has 0 aliphatic heterocycles. The number of fused-ring (bicyclic) bond motifs is 1. The molecule has 2 rings (SSSR count). The lowest BCUT2D eigenvalue weighted by atomic mass is 10.3. The molecule has 0 aliphatic carbocycles. The number of rotatable bonds is 2. The van der Waals surface area contributed by atoms with E-state index in [1.54, 1.807) is 11.6 Å². The summed E-state index contributed by atoms with van der Waals surface area (Å²) in [5.41, 5.74) is 9.97. The summed E-state index contributed by atoms with van der Waals surface area (Å²) in [7, 11) is 0. The summed E-state index contributed by atoms with van der Waals surface area (Å²) in [6.07, 6.45) is -0.354.